The Hall–Kier alpha value is -2.07. The van der Waals surface area contributed by atoms with Gasteiger partial charge in [0.05, 0.1) is 13.1 Å². The number of hydrogen-bond donors (Lipinski definition) is 1. The first-order chi connectivity index (χ1) is 10.8. The van der Waals surface area contributed by atoms with Crippen molar-refractivity contribution in [2.75, 3.05) is 6.54 Å². The largest absolute Gasteiger partial charge is 0.464 e. The van der Waals surface area contributed by atoms with E-state index < -0.39 is 0 Å². The Morgan fingerprint density at radius 3 is 2.35 bits per heavy atom. The zero-order chi connectivity index (χ0) is 16.9. The van der Waals surface area contributed by atoms with E-state index in [9.17, 15) is 4.79 Å². The molecule has 23 heavy (non-hydrogen) atoms. The van der Waals surface area contributed by atoms with Crippen molar-refractivity contribution in [1.29, 1.82) is 0 Å². The number of nitrogens with one attached hydrogen (secondary N) is 1. The lowest BCUT2D eigenvalue weighted by atomic mass is 10.1. The predicted octanol–water partition coefficient (Wildman–Crippen LogP) is 3.50. The molecule has 0 saturated carbocycles. The van der Waals surface area contributed by atoms with Crippen LogP contribution < -0.4 is 5.32 Å². The van der Waals surface area contributed by atoms with Crippen molar-refractivity contribution < 1.29 is 9.21 Å². The third-order valence-electron chi connectivity index (χ3n) is 3.48. The first-order valence-corrected chi connectivity index (χ1v) is 7.95. The Bertz CT molecular complexity index is 626. The van der Waals surface area contributed by atoms with Crippen molar-refractivity contribution in [3.8, 4) is 0 Å². The third kappa shape index (κ3) is 5.91. The molecular formula is C19H26N2O2. The van der Waals surface area contributed by atoms with Gasteiger partial charge in [-0.2, -0.15) is 0 Å². The summed E-state index contributed by atoms with van der Waals surface area (Å²) < 4.78 is 5.63. The lowest BCUT2D eigenvalue weighted by Crippen LogP contribution is -2.44. The first kappa shape index (κ1) is 17.3. The quantitative estimate of drug-likeness (QED) is 0.887. The average molecular weight is 314 g/mol. The van der Waals surface area contributed by atoms with Crippen molar-refractivity contribution >= 4 is 5.91 Å². The van der Waals surface area contributed by atoms with Gasteiger partial charge in [0.1, 0.15) is 11.5 Å². The second kappa shape index (κ2) is 7.47. The Balaban J connectivity index is 2.08. The topological polar surface area (TPSA) is 45.5 Å². The van der Waals surface area contributed by atoms with Gasteiger partial charge in [-0.05, 0) is 45.4 Å². The van der Waals surface area contributed by atoms with Crippen LogP contribution in [0.3, 0.4) is 0 Å². The van der Waals surface area contributed by atoms with Gasteiger partial charge in [-0.15, -0.1) is 0 Å². The number of rotatable bonds is 6. The molecule has 0 saturated heterocycles. The Labute approximate surface area is 138 Å². The first-order valence-electron chi connectivity index (χ1n) is 7.95. The van der Waals surface area contributed by atoms with Gasteiger partial charge in [0.2, 0.25) is 5.91 Å². The van der Waals surface area contributed by atoms with Gasteiger partial charge < -0.3 is 14.6 Å². The maximum absolute atomic E-state index is 12.6. The molecule has 124 valence electrons. The van der Waals surface area contributed by atoms with E-state index in [1.54, 1.807) is 0 Å². The molecule has 1 aromatic heterocycles. The molecule has 4 nitrogen and oxygen atoms in total. The summed E-state index contributed by atoms with van der Waals surface area (Å²) in [6, 6.07) is 13.9. The Morgan fingerprint density at radius 2 is 1.78 bits per heavy atom. The summed E-state index contributed by atoms with van der Waals surface area (Å²) in [5.74, 6) is 1.74. The molecule has 0 atom stereocenters. The van der Waals surface area contributed by atoms with Crippen molar-refractivity contribution in [2.24, 2.45) is 0 Å². The highest BCUT2D eigenvalue weighted by Crippen LogP contribution is 2.13. The normalized spacial score (nSPS) is 11.5. The second-order valence-corrected chi connectivity index (χ2v) is 6.85. The molecule has 2 aromatic rings. The zero-order valence-electron chi connectivity index (χ0n) is 14.4. The van der Waals surface area contributed by atoms with Crippen molar-refractivity contribution in [1.82, 2.24) is 10.2 Å². The maximum atomic E-state index is 12.6. The molecule has 0 aliphatic rings. The van der Waals surface area contributed by atoms with Gasteiger partial charge in [0, 0.05) is 12.1 Å². The van der Waals surface area contributed by atoms with Gasteiger partial charge in [0.25, 0.3) is 0 Å². The fraction of sp³-hybridized carbons (Fsp3) is 0.421. The monoisotopic (exact) mass is 314 g/mol. The highest BCUT2D eigenvalue weighted by Gasteiger charge is 2.18. The fourth-order valence-electron chi connectivity index (χ4n) is 2.25. The number of hydrogen-bond acceptors (Lipinski definition) is 3. The summed E-state index contributed by atoms with van der Waals surface area (Å²) in [7, 11) is 0. The number of amides is 1. The number of carbonyl (C=O) groups excluding carboxylic acids is 1. The Kier molecular flexibility index (Phi) is 5.61. The molecule has 1 amide bonds. The van der Waals surface area contributed by atoms with Crippen LogP contribution in [0.2, 0.25) is 0 Å². The molecule has 0 radical (unpaired) electrons. The lowest BCUT2D eigenvalue weighted by molar-refractivity contribution is -0.132. The van der Waals surface area contributed by atoms with Crippen LogP contribution in [0, 0.1) is 6.92 Å². The van der Waals surface area contributed by atoms with Crippen LogP contribution >= 0.6 is 0 Å². The molecule has 0 spiro atoms. The summed E-state index contributed by atoms with van der Waals surface area (Å²) in [6.45, 7) is 9.44. The van der Waals surface area contributed by atoms with Crippen LogP contribution in [0.5, 0.6) is 0 Å². The van der Waals surface area contributed by atoms with Gasteiger partial charge in [0.15, 0.2) is 0 Å². The lowest BCUT2D eigenvalue weighted by Gasteiger charge is -2.25. The smallest absolute Gasteiger partial charge is 0.237 e. The molecule has 0 fully saturated rings. The van der Waals surface area contributed by atoms with Gasteiger partial charge >= 0.3 is 0 Å². The standard InChI is InChI=1S/C19H26N2O2/c1-15-10-11-17(23-15)14-21(13-16-8-6-5-7-9-16)18(22)12-20-19(2,3)4/h5-11,20H,12-14H2,1-4H3. The molecule has 0 aliphatic carbocycles. The van der Waals surface area contributed by atoms with Crippen molar-refractivity contribution in [2.45, 2.75) is 46.3 Å². The molecule has 1 heterocycles. The van der Waals surface area contributed by atoms with Crippen LogP contribution in [0.15, 0.2) is 46.9 Å². The number of nitrogens with zero attached hydrogens (tertiary/aromatic N) is 1. The molecule has 4 heteroatoms. The van der Waals surface area contributed by atoms with Crippen LogP contribution in [-0.2, 0) is 17.9 Å². The van der Waals surface area contributed by atoms with Crippen LogP contribution in [0.1, 0.15) is 37.9 Å². The maximum Gasteiger partial charge on any atom is 0.237 e. The summed E-state index contributed by atoms with van der Waals surface area (Å²) >= 11 is 0. The van der Waals surface area contributed by atoms with Crippen LogP contribution in [-0.4, -0.2) is 22.9 Å². The summed E-state index contributed by atoms with van der Waals surface area (Å²) in [5.41, 5.74) is 1.02. The minimum Gasteiger partial charge on any atom is -0.464 e. The highest BCUT2D eigenvalue weighted by atomic mass is 16.3. The predicted molar refractivity (Wildman–Crippen MR) is 91.9 cm³/mol. The molecule has 0 unspecified atom stereocenters. The van der Waals surface area contributed by atoms with E-state index in [1.165, 1.54) is 0 Å². The zero-order valence-corrected chi connectivity index (χ0v) is 14.4. The number of carbonyl (C=O) groups is 1. The van der Waals surface area contributed by atoms with E-state index in [2.05, 4.69) is 26.1 Å². The summed E-state index contributed by atoms with van der Waals surface area (Å²) in [4.78, 5) is 14.5. The third-order valence-corrected chi connectivity index (χ3v) is 3.48. The number of aryl methyl sites for hydroxylation is 1. The number of furan rings is 1. The molecule has 0 bridgehead atoms. The van der Waals surface area contributed by atoms with E-state index in [0.29, 0.717) is 19.6 Å². The van der Waals surface area contributed by atoms with Crippen LogP contribution in [0.4, 0.5) is 0 Å². The fourth-order valence-corrected chi connectivity index (χ4v) is 2.25. The van der Waals surface area contributed by atoms with Gasteiger partial charge in [-0.3, -0.25) is 4.79 Å². The van der Waals surface area contributed by atoms with E-state index in [4.69, 9.17) is 4.42 Å². The molecule has 0 aliphatic heterocycles. The molecular weight excluding hydrogens is 288 g/mol. The minimum absolute atomic E-state index is 0.0674. The molecule has 2 rings (SSSR count). The second-order valence-electron chi connectivity index (χ2n) is 6.85. The van der Waals surface area contributed by atoms with E-state index in [0.717, 1.165) is 17.1 Å². The van der Waals surface area contributed by atoms with E-state index >= 15 is 0 Å². The van der Waals surface area contributed by atoms with E-state index in [-0.39, 0.29) is 11.4 Å². The van der Waals surface area contributed by atoms with Gasteiger partial charge in [-0.1, -0.05) is 30.3 Å². The Morgan fingerprint density at radius 1 is 1.09 bits per heavy atom. The summed E-state index contributed by atoms with van der Waals surface area (Å²) in [5, 5.41) is 3.26. The van der Waals surface area contributed by atoms with Gasteiger partial charge in [-0.25, -0.2) is 0 Å². The van der Waals surface area contributed by atoms with E-state index in [1.807, 2.05) is 54.3 Å². The number of benzene rings is 1. The molecule has 1 aromatic carbocycles. The van der Waals surface area contributed by atoms with Crippen molar-refractivity contribution in [3.05, 3.63) is 59.5 Å². The minimum atomic E-state index is -0.0879. The van der Waals surface area contributed by atoms with Crippen molar-refractivity contribution in [3.63, 3.8) is 0 Å². The van der Waals surface area contributed by atoms with Crippen LogP contribution in [0.25, 0.3) is 0 Å². The SMILES string of the molecule is Cc1ccc(CN(Cc2ccccc2)C(=O)CNC(C)(C)C)o1. The molecule has 1 N–H and O–H groups in total. The summed E-state index contributed by atoms with van der Waals surface area (Å²) in [6.07, 6.45) is 0. The average Bonchev–Trinajstić information content (AvgIpc) is 2.90. The highest BCUT2D eigenvalue weighted by molar-refractivity contribution is 5.78.